The maximum atomic E-state index is 12.3. The Labute approximate surface area is 145 Å². The van der Waals surface area contributed by atoms with Crippen molar-refractivity contribution >= 4 is 27.1 Å². The highest BCUT2D eigenvalue weighted by molar-refractivity contribution is 7.91. The van der Waals surface area contributed by atoms with E-state index in [0.29, 0.717) is 28.9 Å². The fourth-order valence-electron chi connectivity index (χ4n) is 2.64. The number of nitriles is 1. The van der Waals surface area contributed by atoms with Crippen LogP contribution in [0.2, 0.25) is 0 Å². The molecule has 0 aliphatic carbocycles. The molecule has 0 bridgehead atoms. The van der Waals surface area contributed by atoms with E-state index in [-0.39, 0.29) is 23.5 Å². The van der Waals surface area contributed by atoms with Gasteiger partial charge in [0.25, 0.3) is 5.91 Å². The molecule has 0 saturated carbocycles. The van der Waals surface area contributed by atoms with E-state index in [0.717, 1.165) is 0 Å². The minimum absolute atomic E-state index is 0.0228. The van der Waals surface area contributed by atoms with Crippen LogP contribution in [0.1, 0.15) is 22.3 Å². The average Bonchev–Trinajstić information content (AvgIpc) is 2.94. The molecule has 7 nitrogen and oxygen atoms in total. The smallest absolute Gasteiger partial charge is 0.253 e. The van der Waals surface area contributed by atoms with Crippen LogP contribution in [-0.4, -0.2) is 36.9 Å². The summed E-state index contributed by atoms with van der Waals surface area (Å²) >= 11 is 0. The van der Waals surface area contributed by atoms with E-state index >= 15 is 0 Å². The first-order valence-electron chi connectivity index (χ1n) is 7.69. The number of nitrogens with zero attached hydrogens (tertiary/aromatic N) is 2. The van der Waals surface area contributed by atoms with Gasteiger partial charge in [0.15, 0.2) is 9.84 Å². The molecule has 1 aromatic carbocycles. The van der Waals surface area contributed by atoms with Gasteiger partial charge in [-0.05, 0) is 30.7 Å². The number of anilines is 2. The molecule has 25 heavy (non-hydrogen) atoms. The number of aromatic nitrogens is 1. The van der Waals surface area contributed by atoms with Crippen molar-refractivity contribution in [1.29, 1.82) is 5.26 Å². The second-order valence-electron chi connectivity index (χ2n) is 5.85. The largest absolute Gasteiger partial charge is 0.354 e. The van der Waals surface area contributed by atoms with E-state index in [2.05, 4.69) is 21.7 Å². The lowest BCUT2D eigenvalue weighted by Crippen LogP contribution is -2.35. The lowest BCUT2D eigenvalue weighted by molar-refractivity contribution is 0.0941. The Balaban J connectivity index is 1.70. The fraction of sp³-hybridized carbons (Fsp3) is 0.235. The Kier molecular flexibility index (Phi) is 4.67. The van der Waals surface area contributed by atoms with E-state index in [1.807, 2.05) is 0 Å². The van der Waals surface area contributed by atoms with Crippen LogP contribution in [0.25, 0.3) is 0 Å². The predicted octanol–water partition coefficient (Wildman–Crippen LogP) is 1.61. The number of rotatable bonds is 4. The number of hydrogen-bond donors (Lipinski definition) is 2. The molecule has 1 unspecified atom stereocenters. The van der Waals surface area contributed by atoms with Crippen LogP contribution in [0.5, 0.6) is 0 Å². The number of hydrogen-bond acceptors (Lipinski definition) is 6. The molecule has 0 spiro atoms. The Morgan fingerprint density at radius 3 is 2.80 bits per heavy atom. The van der Waals surface area contributed by atoms with E-state index in [1.54, 1.807) is 36.5 Å². The average molecular weight is 356 g/mol. The summed E-state index contributed by atoms with van der Waals surface area (Å²) in [5.74, 6) is -0.276. The Morgan fingerprint density at radius 1 is 1.24 bits per heavy atom. The second kappa shape index (κ2) is 6.91. The minimum Gasteiger partial charge on any atom is -0.354 e. The topological polar surface area (TPSA) is 112 Å². The molecule has 2 N–H and O–H groups in total. The summed E-state index contributed by atoms with van der Waals surface area (Å²) in [6, 6.07) is 10.3. The van der Waals surface area contributed by atoms with Crippen LogP contribution in [0, 0.1) is 11.3 Å². The van der Waals surface area contributed by atoms with E-state index in [1.165, 1.54) is 6.20 Å². The van der Waals surface area contributed by atoms with E-state index in [9.17, 15) is 13.2 Å². The normalized spacial score (nSPS) is 18.3. The maximum Gasteiger partial charge on any atom is 0.253 e. The number of benzene rings is 1. The van der Waals surface area contributed by atoms with E-state index < -0.39 is 9.84 Å². The molecule has 1 saturated heterocycles. The van der Waals surface area contributed by atoms with Gasteiger partial charge in [-0.15, -0.1) is 0 Å². The highest BCUT2D eigenvalue weighted by Gasteiger charge is 2.29. The zero-order valence-corrected chi connectivity index (χ0v) is 14.1. The quantitative estimate of drug-likeness (QED) is 0.861. The van der Waals surface area contributed by atoms with Crippen molar-refractivity contribution in [3.63, 3.8) is 0 Å². The van der Waals surface area contributed by atoms with Crippen molar-refractivity contribution in [1.82, 2.24) is 10.3 Å². The predicted molar refractivity (Wildman–Crippen MR) is 93.2 cm³/mol. The molecular weight excluding hydrogens is 340 g/mol. The molecule has 1 fully saturated rings. The summed E-state index contributed by atoms with van der Waals surface area (Å²) in [6.07, 6.45) is 3.42. The Hall–Kier alpha value is -2.92. The summed E-state index contributed by atoms with van der Waals surface area (Å²) in [5, 5.41) is 14.8. The van der Waals surface area contributed by atoms with Gasteiger partial charge in [-0.2, -0.15) is 5.26 Å². The summed E-state index contributed by atoms with van der Waals surface area (Å²) < 4.78 is 22.9. The lowest BCUT2D eigenvalue weighted by atomic mass is 10.2. The molecule has 128 valence electrons. The second-order valence-corrected chi connectivity index (χ2v) is 8.08. The molecule has 1 aliphatic rings. The first-order valence-corrected chi connectivity index (χ1v) is 9.51. The van der Waals surface area contributed by atoms with Gasteiger partial charge in [-0.3, -0.25) is 9.78 Å². The highest BCUT2D eigenvalue weighted by atomic mass is 32.2. The monoisotopic (exact) mass is 356 g/mol. The van der Waals surface area contributed by atoms with Gasteiger partial charge in [0, 0.05) is 17.9 Å². The molecule has 1 amide bonds. The third kappa shape index (κ3) is 4.33. The summed E-state index contributed by atoms with van der Waals surface area (Å²) in [5.41, 5.74) is 2.17. The number of amides is 1. The van der Waals surface area contributed by atoms with Gasteiger partial charge >= 0.3 is 0 Å². The van der Waals surface area contributed by atoms with Gasteiger partial charge in [-0.1, -0.05) is 6.07 Å². The van der Waals surface area contributed by atoms with Crippen molar-refractivity contribution in [3.05, 3.63) is 53.9 Å². The SMILES string of the molecule is N#Cc1cccc(Nc2cncc(C(=O)NC3CCS(=O)(=O)C3)c2)c1. The zero-order chi connectivity index (χ0) is 17.9. The fourth-order valence-corrected chi connectivity index (χ4v) is 4.32. The molecule has 0 radical (unpaired) electrons. The Bertz CT molecular complexity index is 950. The molecule has 2 heterocycles. The van der Waals surface area contributed by atoms with Gasteiger partial charge in [0.1, 0.15) is 0 Å². The molecule has 8 heteroatoms. The first kappa shape index (κ1) is 16.9. The van der Waals surface area contributed by atoms with Gasteiger partial charge in [0.05, 0.1) is 40.6 Å². The number of carbonyl (C=O) groups excluding carboxylic acids is 1. The van der Waals surface area contributed by atoms with Crippen LogP contribution in [0.15, 0.2) is 42.7 Å². The number of sulfone groups is 1. The minimum atomic E-state index is -3.05. The lowest BCUT2D eigenvalue weighted by Gasteiger charge is -2.12. The summed E-state index contributed by atoms with van der Waals surface area (Å²) in [4.78, 5) is 16.3. The third-order valence-electron chi connectivity index (χ3n) is 3.85. The zero-order valence-electron chi connectivity index (χ0n) is 13.3. The molecule has 2 aromatic rings. The third-order valence-corrected chi connectivity index (χ3v) is 5.62. The number of pyridine rings is 1. The first-order chi connectivity index (χ1) is 11.9. The molecular formula is C17H16N4O3S. The van der Waals surface area contributed by atoms with Crippen LogP contribution in [0.3, 0.4) is 0 Å². The van der Waals surface area contributed by atoms with Crippen LogP contribution >= 0.6 is 0 Å². The summed E-state index contributed by atoms with van der Waals surface area (Å²) in [6.45, 7) is 0. The highest BCUT2D eigenvalue weighted by Crippen LogP contribution is 2.18. The van der Waals surface area contributed by atoms with Crippen molar-refractivity contribution in [2.24, 2.45) is 0 Å². The summed E-state index contributed by atoms with van der Waals surface area (Å²) in [7, 11) is -3.05. The van der Waals surface area contributed by atoms with Crippen molar-refractivity contribution < 1.29 is 13.2 Å². The van der Waals surface area contributed by atoms with Gasteiger partial charge in [-0.25, -0.2) is 8.42 Å². The van der Waals surface area contributed by atoms with Crippen molar-refractivity contribution in [2.45, 2.75) is 12.5 Å². The van der Waals surface area contributed by atoms with Gasteiger partial charge in [0.2, 0.25) is 0 Å². The standard InChI is InChI=1S/C17H16N4O3S/c18-8-12-2-1-3-14(6-12)20-16-7-13(9-19-10-16)17(22)21-15-4-5-25(23,24)11-15/h1-3,6-7,9-10,15,20H,4-5,11H2,(H,21,22). The Morgan fingerprint density at radius 2 is 2.08 bits per heavy atom. The molecule has 1 atom stereocenters. The molecule has 1 aromatic heterocycles. The van der Waals surface area contributed by atoms with Crippen LogP contribution in [0.4, 0.5) is 11.4 Å². The van der Waals surface area contributed by atoms with Crippen molar-refractivity contribution in [3.8, 4) is 6.07 Å². The van der Waals surface area contributed by atoms with Crippen LogP contribution in [-0.2, 0) is 9.84 Å². The van der Waals surface area contributed by atoms with Gasteiger partial charge < -0.3 is 10.6 Å². The number of nitrogens with one attached hydrogen (secondary N) is 2. The maximum absolute atomic E-state index is 12.3. The number of carbonyl (C=O) groups is 1. The molecule has 1 aliphatic heterocycles. The molecule has 3 rings (SSSR count). The van der Waals surface area contributed by atoms with Crippen molar-refractivity contribution in [2.75, 3.05) is 16.8 Å². The van der Waals surface area contributed by atoms with E-state index in [4.69, 9.17) is 5.26 Å². The van der Waals surface area contributed by atoms with Crippen LogP contribution < -0.4 is 10.6 Å².